The zero-order valence-electron chi connectivity index (χ0n) is 16.2. The molecular weight excluding hydrogens is 476 g/mol. The second-order valence-electron chi connectivity index (χ2n) is 7.49. The summed E-state index contributed by atoms with van der Waals surface area (Å²) in [6.45, 7) is 0. The summed E-state index contributed by atoms with van der Waals surface area (Å²) >= 11 is 9.91. The zero-order valence-corrected chi connectivity index (χ0v) is 18.5. The zero-order chi connectivity index (χ0) is 20.9. The van der Waals surface area contributed by atoms with Crippen LogP contribution in [0.3, 0.4) is 0 Å². The second kappa shape index (κ2) is 7.25. The molecule has 1 aromatic heterocycles. The third kappa shape index (κ3) is 3.06. The van der Waals surface area contributed by atoms with E-state index >= 15 is 0 Å². The van der Waals surface area contributed by atoms with Crippen LogP contribution in [0, 0.1) is 0 Å². The molecule has 5 nitrogen and oxygen atoms in total. The van der Waals surface area contributed by atoms with Gasteiger partial charge in [-0.3, -0.25) is 0 Å². The molecule has 2 atom stereocenters. The maximum absolute atomic E-state index is 6.58. The van der Waals surface area contributed by atoms with Gasteiger partial charge in [0.2, 0.25) is 5.95 Å². The van der Waals surface area contributed by atoms with Gasteiger partial charge in [0.15, 0.2) is 0 Å². The van der Waals surface area contributed by atoms with Crippen molar-refractivity contribution in [2.75, 3.05) is 5.32 Å². The molecule has 31 heavy (non-hydrogen) atoms. The summed E-state index contributed by atoms with van der Waals surface area (Å²) < 4.78 is 9.52. The maximum atomic E-state index is 6.58. The molecule has 0 fully saturated rings. The van der Waals surface area contributed by atoms with Crippen LogP contribution < -0.4 is 10.1 Å². The first-order valence-electron chi connectivity index (χ1n) is 9.86. The number of benzene rings is 3. The molecule has 0 radical (unpaired) electrons. The van der Waals surface area contributed by atoms with Crippen molar-refractivity contribution < 1.29 is 4.74 Å². The fourth-order valence-corrected chi connectivity index (χ4v) is 4.75. The van der Waals surface area contributed by atoms with Crippen LogP contribution in [0.2, 0.25) is 5.02 Å². The minimum atomic E-state index is -0.289. The Bertz CT molecular complexity index is 1320. The lowest BCUT2D eigenvalue weighted by Gasteiger charge is -2.39. The van der Waals surface area contributed by atoms with Crippen molar-refractivity contribution in [1.29, 1.82) is 0 Å². The number of anilines is 1. The first-order valence-corrected chi connectivity index (χ1v) is 11.0. The Kier molecular flexibility index (Phi) is 4.37. The molecule has 4 aromatic rings. The van der Waals surface area contributed by atoms with Gasteiger partial charge in [0.05, 0.1) is 5.70 Å². The number of nitrogens with zero attached hydrogens (tertiary/aromatic N) is 3. The molecule has 2 aliphatic rings. The molecule has 6 rings (SSSR count). The van der Waals surface area contributed by atoms with Crippen molar-refractivity contribution >= 4 is 39.2 Å². The van der Waals surface area contributed by atoms with Gasteiger partial charge >= 0.3 is 0 Å². The lowest BCUT2D eigenvalue weighted by Crippen LogP contribution is -2.32. The van der Waals surface area contributed by atoms with Crippen LogP contribution in [0.1, 0.15) is 28.8 Å². The summed E-state index contributed by atoms with van der Waals surface area (Å²) in [5.74, 6) is 1.47. The number of fused-ring (bicyclic) bond motifs is 3. The van der Waals surface area contributed by atoms with Crippen LogP contribution >= 0.6 is 27.5 Å². The van der Waals surface area contributed by atoms with Crippen LogP contribution in [0.15, 0.2) is 89.2 Å². The van der Waals surface area contributed by atoms with E-state index in [2.05, 4.69) is 55.6 Å². The third-order valence-electron chi connectivity index (χ3n) is 5.66. The topological polar surface area (TPSA) is 52.0 Å². The van der Waals surface area contributed by atoms with E-state index in [0.717, 1.165) is 38.2 Å². The Hall–Kier alpha value is -3.09. The molecule has 2 aliphatic heterocycles. The number of rotatable bonds is 2. The predicted molar refractivity (Wildman–Crippen MR) is 124 cm³/mol. The first kappa shape index (κ1) is 18.7. The number of hydrogen-bond donors (Lipinski definition) is 1. The molecule has 0 amide bonds. The average molecular weight is 492 g/mol. The molecular formula is C24H16BrClN4O. The van der Waals surface area contributed by atoms with Gasteiger partial charge < -0.3 is 10.1 Å². The molecule has 152 valence electrons. The highest BCUT2D eigenvalue weighted by atomic mass is 79.9. The summed E-state index contributed by atoms with van der Waals surface area (Å²) in [5.41, 5.74) is 5.13. The lowest BCUT2D eigenvalue weighted by atomic mass is 9.84. The van der Waals surface area contributed by atoms with Crippen LogP contribution in [0.4, 0.5) is 5.95 Å². The van der Waals surface area contributed by atoms with Gasteiger partial charge in [-0.1, -0.05) is 70.0 Å². The molecule has 3 aromatic carbocycles. The Labute approximate surface area is 192 Å². The quantitative estimate of drug-likeness (QED) is 0.360. The number of halogens is 2. The molecule has 3 heterocycles. The SMILES string of the molecule is Clc1ccc2c(c1)C1=C([C@H](c3ccc(Br)cc3)n3ncnc3N1)[C@@H](c1ccccc1)O2. The van der Waals surface area contributed by atoms with Crippen molar-refractivity contribution in [1.82, 2.24) is 14.8 Å². The molecule has 0 aliphatic carbocycles. The Morgan fingerprint density at radius 2 is 1.77 bits per heavy atom. The second-order valence-corrected chi connectivity index (χ2v) is 8.84. The first-order chi connectivity index (χ1) is 15.2. The average Bonchev–Trinajstić information content (AvgIpc) is 3.27. The van der Waals surface area contributed by atoms with E-state index in [0.29, 0.717) is 11.0 Å². The van der Waals surface area contributed by atoms with Gasteiger partial charge in [0, 0.05) is 20.6 Å². The van der Waals surface area contributed by atoms with Gasteiger partial charge in [0.1, 0.15) is 24.2 Å². The highest BCUT2D eigenvalue weighted by Gasteiger charge is 2.40. The summed E-state index contributed by atoms with van der Waals surface area (Å²) in [5, 5.41) is 8.69. The fourth-order valence-electron chi connectivity index (χ4n) is 4.31. The van der Waals surface area contributed by atoms with Crippen molar-refractivity contribution in [3.8, 4) is 5.75 Å². The van der Waals surface area contributed by atoms with Gasteiger partial charge in [-0.25, -0.2) is 4.68 Å². The molecule has 0 saturated heterocycles. The normalized spacial score (nSPS) is 19.0. The standard InChI is InChI=1S/C24H16BrClN4O/c25-16-8-6-14(7-9-16)22-20-21(29-24-27-13-28-30(22)24)18-12-17(26)10-11-19(18)31-23(20)15-4-2-1-3-5-15/h1-13,22-23H,(H,27,28,29)/t22-,23+/m0/s1. The van der Waals surface area contributed by atoms with Gasteiger partial charge in [-0.15, -0.1) is 0 Å². The summed E-state index contributed by atoms with van der Waals surface area (Å²) in [7, 11) is 0. The monoisotopic (exact) mass is 490 g/mol. The largest absolute Gasteiger partial charge is 0.480 e. The molecule has 0 spiro atoms. The lowest BCUT2D eigenvalue weighted by molar-refractivity contribution is 0.223. The molecule has 0 unspecified atom stereocenters. The molecule has 0 bridgehead atoms. The maximum Gasteiger partial charge on any atom is 0.226 e. The summed E-state index contributed by atoms with van der Waals surface area (Å²) in [4.78, 5) is 4.46. The predicted octanol–water partition coefficient (Wildman–Crippen LogP) is 6.25. The Morgan fingerprint density at radius 1 is 0.968 bits per heavy atom. The van der Waals surface area contributed by atoms with Crippen LogP contribution in [-0.4, -0.2) is 14.8 Å². The van der Waals surface area contributed by atoms with Crippen LogP contribution in [0.25, 0.3) is 5.70 Å². The van der Waals surface area contributed by atoms with Crippen molar-refractivity contribution in [3.05, 3.63) is 111 Å². The van der Waals surface area contributed by atoms with Gasteiger partial charge in [-0.2, -0.15) is 10.1 Å². The molecule has 1 N–H and O–H groups in total. The fraction of sp³-hybridized carbons (Fsp3) is 0.0833. The number of ether oxygens (including phenoxy) is 1. The van der Waals surface area contributed by atoms with Crippen molar-refractivity contribution in [2.45, 2.75) is 12.1 Å². The Morgan fingerprint density at radius 3 is 2.58 bits per heavy atom. The van der Waals surface area contributed by atoms with Crippen LogP contribution in [0.5, 0.6) is 5.75 Å². The van der Waals surface area contributed by atoms with E-state index in [1.54, 1.807) is 6.33 Å². The summed E-state index contributed by atoms with van der Waals surface area (Å²) in [6, 6.07) is 24.1. The highest BCUT2D eigenvalue weighted by molar-refractivity contribution is 9.10. The minimum Gasteiger partial charge on any atom is -0.480 e. The van der Waals surface area contributed by atoms with Gasteiger partial charge in [-0.05, 0) is 41.5 Å². The molecule has 0 saturated carbocycles. The van der Waals surface area contributed by atoms with Gasteiger partial charge in [0.25, 0.3) is 0 Å². The van der Waals surface area contributed by atoms with Crippen molar-refractivity contribution in [3.63, 3.8) is 0 Å². The minimum absolute atomic E-state index is 0.181. The Balaban J connectivity index is 1.64. The molecule has 7 heteroatoms. The van der Waals surface area contributed by atoms with E-state index in [4.69, 9.17) is 16.3 Å². The van der Waals surface area contributed by atoms with E-state index in [1.807, 2.05) is 53.2 Å². The number of nitrogens with one attached hydrogen (secondary N) is 1. The summed E-state index contributed by atoms with van der Waals surface area (Å²) in [6.07, 6.45) is 1.28. The van der Waals surface area contributed by atoms with E-state index in [-0.39, 0.29) is 12.1 Å². The van der Waals surface area contributed by atoms with E-state index in [9.17, 15) is 0 Å². The van der Waals surface area contributed by atoms with Crippen LogP contribution in [-0.2, 0) is 0 Å². The number of aromatic nitrogens is 3. The smallest absolute Gasteiger partial charge is 0.226 e. The van der Waals surface area contributed by atoms with E-state index in [1.165, 1.54) is 0 Å². The highest BCUT2D eigenvalue weighted by Crippen LogP contribution is 2.51. The number of hydrogen-bond acceptors (Lipinski definition) is 4. The third-order valence-corrected chi connectivity index (χ3v) is 6.43. The van der Waals surface area contributed by atoms with Crippen molar-refractivity contribution in [2.24, 2.45) is 0 Å². The van der Waals surface area contributed by atoms with E-state index < -0.39 is 0 Å².